The lowest BCUT2D eigenvalue weighted by atomic mass is 9.90. The predicted molar refractivity (Wildman–Crippen MR) is 105 cm³/mol. The molecule has 0 bridgehead atoms. The van der Waals surface area contributed by atoms with E-state index >= 15 is 0 Å². The van der Waals surface area contributed by atoms with Crippen LogP contribution < -0.4 is 5.32 Å². The summed E-state index contributed by atoms with van der Waals surface area (Å²) < 4.78 is 46.2. The Labute approximate surface area is 171 Å². The average Bonchev–Trinajstić information content (AvgIpc) is 2.65. The molecule has 0 unspecified atom stereocenters. The van der Waals surface area contributed by atoms with Crippen LogP contribution in [-0.4, -0.2) is 30.3 Å². The van der Waals surface area contributed by atoms with E-state index in [1.54, 1.807) is 17.8 Å². The number of hydrogen-bond donors (Lipinski definition) is 2. The van der Waals surface area contributed by atoms with Gasteiger partial charge in [-0.05, 0) is 69.0 Å². The minimum absolute atomic E-state index is 0.0963. The van der Waals surface area contributed by atoms with Crippen LogP contribution in [-0.2, 0) is 4.79 Å². The summed E-state index contributed by atoms with van der Waals surface area (Å²) in [5.41, 5.74) is 3.63. The molecule has 0 amide bonds. The van der Waals surface area contributed by atoms with E-state index in [-0.39, 0.29) is 5.82 Å². The zero-order valence-corrected chi connectivity index (χ0v) is 17.0. The molecule has 0 atom stereocenters. The van der Waals surface area contributed by atoms with E-state index in [1.165, 1.54) is 16.7 Å². The van der Waals surface area contributed by atoms with Crippen molar-refractivity contribution < 1.29 is 27.5 Å². The van der Waals surface area contributed by atoms with E-state index in [0.29, 0.717) is 5.92 Å². The first-order valence-corrected chi connectivity index (χ1v) is 9.95. The number of benzene rings is 2. The summed E-state index contributed by atoms with van der Waals surface area (Å²) in [5.74, 6) is -2.39. The van der Waals surface area contributed by atoms with Gasteiger partial charge < -0.3 is 10.4 Å². The molecule has 8 heteroatoms. The van der Waals surface area contributed by atoms with Crippen LogP contribution in [0.5, 0.6) is 0 Å². The minimum Gasteiger partial charge on any atom is -0.475 e. The molecule has 0 radical (unpaired) electrons. The third-order valence-corrected chi connectivity index (χ3v) is 5.87. The summed E-state index contributed by atoms with van der Waals surface area (Å²) in [7, 11) is 0. The van der Waals surface area contributed by atoms with E-state index in [0.717, 1.165) is 35.7 Å². The molecule has 1 heterocycles. The molecule has 158 valence electrons. The van der Waals surface area contributed by atoms with E-state index in [4.69, 9.17) is 9.90 Å². The van der Waals surface area contributed by atoms with Crippen LogP contribution in [0.25, 0.3) is 0 Å². The van der Waals surface area contributed by atoms with E-state index in [1.807, 2.05) is 6.07 Å². The second-order valence-electron chi connectivity index (χ2n) is 6.86. The fourth-order valence-electron chi connectivity index (χ4n) is 3.11. The Morgan fingerprint density at radius 3 is 2.31 bits per heavy atom. The number of carboxylic acids is 1. The molecule has 2 N–H and O–H groups in total. The molecular formula is C21H23F4NO2S. The number of piperidine rings is 1. The zero-order valence-electron chi connectivity index (χ0n) is 16.1. The van der Waals surface area contributed by atoms with Gasteiger partial charge in [0, 0.05) is 4.90 Å². The molecule has 0 aromatic heterocycles. The zero-order chi connectivity index (χ0) is 21.6. The maximum atomic E-state index is 14.5. The number of aliphatic carboxylic acids is 1. The van der Waals surface area contributed by atoms with Gasteiger partial charge in [0.15, 0.2) is 0 Å². The van der Waals surface area contributed by atoms with Crippen LogP contribution in [0.15, 0.2) is 46.2 Å². The van der Waals surface area contributed by atoms with Crippen LogP contribution in [0, 0.1) is 19.7 Å². The number of rotatable bonds is 3. The first kappa shape index (κ1) is 23.2. The molecule has 2 aromatic carbocycles. The largest absolute Gasteiger partial charge is 0.490 e. The lowest BCUT2D eigenvalue weighted by Gasteiger charge is -2.25. The number of nitrogens with one attached hydrogen (secondary N) is 1. The highest BCUT2D eigenvalue weighted by Crippen LogP contribution is 2.39. The summed E-state index contributed by atoms with van der Waals surface area (Å²) in [6.07, 6.45) is -2.91. The molecule has 1 aliphatic rings. The highest BCUT2D eigenvalue weighted by Gasteiger charge is 2.38. The Hall–Kier alpha value is -2.06. The van der Waals surface area contributed by atoms with Crippen molar-refractivity contribution in [2.24, 2.45) is 0 Å². The Morgan fingerprint density at radius 2 is 1.76 bits per heavy atom. The molecule has 1 saturated heterocycles. The second kappa shape index (κ2) is 10.1. The standard InChI is InChI=1S/C19H22FNS.C2HF3O2/c1-13-6-7-18(14(2)12-13)22-19-16(4-3-5-17(19)20)15-8-10-21-11-9-15;3-2(4,5)1(6)7/h3-7,12,15,21H,8-11H2,1-2H3;(H,6,7). The SMILES string of the molecule is Cc1ccc(Sc2c(F)cccc2C2CCNCC2)c(C)c1.O=C(O)C(F)(F)F. The van der Waals surface area contributed by atoms with E-state index in [9.17, 15) is 17.6 Å². The van der Waals surface area contributed by atoms with Crippen LogP contribution in [0.3, 0.4) is 0 Å². The molecule has 29 heavy (non-hydrogen) atoms. The van der Waals surface area contributed by atoms with Crippen molar-refractivity contribution in [3.63, 3.8) is 0 Å². The van der Waals surface area contributed by atoms with Gasteiger partial charge in [-0.3, -0.25) is 0 Å². The molecule has 1 fully saturated rings. The quantitative estimate of drug-likeness (QED) is 0.615. The third kappa shape index (κ3) is 6.75. The molecule has 2 aromatic rings. The Kier molecular flexibility index (Phi) is 8.10. The number of alkyl halides is 3. The summed E-state index contributed by atoms with van der Waals surface area (Å²) in [6.45, 7) is 6.23. The predicted octanol–water partition coefficient (Wildman–Crippen LogP) is 5.69. The van der Waals surface area contributed by atoms with Crippen molar-refractivity contribution in [3.05, 3.63) is 58.9 Å². The number of carboxylic acid groups (broad SMARTS) is 1. The Morgan fingerprint density at radius 1 is 1.14 bits per heavy atom. The summed E-state index contributed by atoms with van der Waals surface area (Å²) >= 11 is 1.57. The lowest BCUT2D eigenvalue weighted by Crippen LogP contribution is -2.27. The fourth-order valence-corrected chi connectivity index (χ4v) is 4.21. The third-order valence-electron chi connectivity index (χ3n) is 4.56. The number of hydrogen-bond acceptors (Lipinski definition) is 3. The van der Waals surface area contributed by atoms with Gasteiger partial charge in [0.1, 0.15) is 5.82 Å². The van der Waals surface area contributed by atoms with E-state index in [2.05, 4.69) is 43.4 Å². The maximum absolute atomic E-state index is 14.5. The molecular weight excluding hydrogens is 406 g/mol. The summed E-state index contributed by atoms with van der Waals surface area (Å²) in [6, 6.07) is 11.9. The lowest BCUT2D eigenvalue weighted by molar-refractivity contribution is -0.192. The Bertz CT molecular complexity index is 849. The van der Waals surface area contributed by atoms with Crippen molar-refractivity contribution in [1.29, 1.82) is 0 Å². The van der Waals surface area contributed by atoms with Crippen molar-refractivity contribution in [1.82, 2.24) is 5.32 Å². The molecule has 3 rings (SSSR count). The topological polar surface area (TPSA) is 49.3 Å². The second-order valence-corrected chi connectivity index (χ2v) is 7.91. The van der Waals surface area contributed by atoms with Gasteiger partial charge in [-0.25, -0.2) is 9.18 Å². The number of carbonyl (C=O) groups is 1. The van der Waals surface area contributed by atoms with Crippen LogP contribution >= 0.6 is 11.8 Å². The fraction of sp³-hybridized carbons (Fsp3) is 0.381. The van der Waals surface area contributed by atoms with Gasteiger partial charge in [-0.1, -0.05) is 41.6 Å². The van der Waals surface area contributed by atoms with Crippen molar-refractivity contribution in [2.45, 2.75) is 48.6 Å². The first-order valence-electron chi connectivity index (χ1n) is 9.14. The van der Waals surface area contributed by atoms with Crippen LogP contribution in [0.1, 0.15) is 35.4 Å². The van der Waals surface area contributed by atoms with Crippen molar-refractivity contribution in [2.75, 3.05) is 13.1 Å². The highest BCUT2D eigenvalue weighted by atomic mass is 32.2. The van der Waals surface area contributed by atoms with E-state index < -0.39 is 12.1 Å². The van der Waals surface area contributed by atoms with Gasteiger partial charge in [0.05, 0.1) is 4.90 Å². The first-order chi connectivity index (χ1) is 13.6. The number of halogens is 4. The van der Waals surface area contributed by atoms with Gasteiger partial charge in [-0.2, -0.15) is 13.2 Å². The normalized spacial score (nSPS) is 14.8. The van der Waals surface area contributed by atoms with Gasteiger partial charge >= 0.3 is 12.1 Å². The van der Waals surface area contributed by atoms with Crippen molar-refractivity contribution in [3.8, 4) is 0 Å². The maximum Gasteiger partial charge on any atom is 0.490 e. The molecule has 0 aliphatic carbocycles. The highest BCUT2D eigenvalue weighted by molar-refractivity contribution is 7.99. The monoisotopic (exact) mass is 429 g/mol. The van der Waals surface area contributed by atoms with Gasteiger partial charge in [-0.15, -0.1) is 0 Å². The van der Waals surface area contributed by atoms with Crippen LogP contribution in [0.2, 0.25) is 0 Å². The molecule has 0 spiro atoms. The smallest absolute Gasteiger partial charge is 0.475 e. The number of aryl methyl sites for hydroxylation is 2. The van der Waals surface area contributed by atoms with Gasteiger partial charge in [0.2, 0.25) is 0 Å². The summed E-state index contributed by atoms with van der Waals surface area (Å²) in [4.78, 5) is 10.8. The molecule has 1 aliphatic heterocycles. The van der Waals surface area contributed by atoms with Gasteiger partial charge in [0.25, 0.3) is 0 Å². The average molecular weight is 429 g/mol. The van der Waals surface area contributed by atoms with Crippen molar-refractivity contribution >= 4 is 17.7 Å². The summed E-state index contributed by atoms with van der Waals surface area (Å²) in [5, 5.41) is 10.5. The molecule has 3 nitrogen and oxygen atoms in total. The Balaban J connectivity index is 0.000000370. The van der Waals surface area contributed by atoms with Crippen LogP contribution in [0.4, 0.5) is 17.6 Å². The molecule has 0 saturated carbocycles. The minimum atomic E-state index is -5.08.